The largest absolute Gasteiger partial charge is 0.487 e. The molecule has 0 saturated carbocycles. The molecule has 0 aliphatic carbocycles. The van der Waals surface area contributed by atoms with Gasteiger partial charge in [0.2, 0.25) is 0 Å². The molecule has 0 spiro atoms. The van der Waals surface area contributed by atoms with E-state index in [1.807, 2.05) is 55.5 Å². The van der Waals surface area contributed by atoms with Crippen LogP contribution in [0, 0.1) is 6.92 Å². The summed E-state index contributed by atoms with van der Waals surface area (Å²) in [5.41, 5.74) is 3.66. The third kappa shape index (κ3) is 3.49. The van der Waals surface area contributed by atoms with Crippen molar-refractivity contribution in [1.82, 2.24) is 0 Å². The van der Waals surface area contributed by atoms with Gasteiger partial charge >= 0.3 is 0 Å². The van der Waals surface area contributed by atoms with E-state index in [9.17, 15) is 8.42 Å². The van der Waals surface area contributed by atoms with Crippen LogP contribution in [0.1, 0.15) is 11.1 Å². The van der Waals surface area contributed by atoms with Gasteiger partial charge in [0.1, 0.15) is 29.8 Å². The minimum Gasteiger partial charge on any atom is -0.487 e. The topological polar surface area (TPSA) is 65.7 Å². The summed E-state index contributed by atoms with van der Waals surface area (Å²) in [6.45, 7) is 1.85. The van der Waals surface area contributed by atoms with Gasteiger partial charge in [0.05, 0.1) is 10.5 Å². The van der Waals surface area contributed by atoms with Crippen molar-refractivity contribution in [2.24, 2.45) is 0 Å². The first-order valence-corrected chi connectivity index (χ1v) is 11.1. The number of hydrogen-bond donors (Lipinski definition) is 0. The molecular formula is C24H20O5S. The second kappa shape index (κ2) is 7.31. The molecule has 6 heteroatoms. The summed E-state index contributed by atoms with van der Waals surface area (Å²) in [4.78, 5) is 0.145. The van der Waals surface area contributed by atoms with Gasteiger partial charge in [0, 0.05) is 11.8 Å². The van der Waals surface area contributed by atoms with E-state index in [1.54, 1.807) is 24.3 Å². The summed E-state index contributed by atoms with van der Waals surface area (Å²) in [5, 5.41) is 1.02. The second-order valence-electron chi connectivity index (χ2n) is 7.44. The highest BCUT2D eigenvalue weighted by atomic mass is 32.2. The minimum absolute atomic E-state index is 0.0511. The van der Waals surface area contributed by atoms with Crippen molar-refractivity contribution in [1.29, 1.82) is 0 Å². The lowest BCUT2D eigenvalue weighted by Crippen LogP contribution is -2.23. The van der Waals surface area contributed by atoms with Crippen LogP contribution in [-0.4, -0.2) is 21.1 Å². The van der Waals surface area contributed by atoms with E-state index in [0.717, 1.165) is 39.2 Å². The van der Waals surface area contributed by atoms with E-state index >= 15 is 0 Å². The molecule has 0 saturated heterocycles. The van der Waals surface area contributed by atoms with Gasteiger partial charge in [-0.05, 0) is 42.8 Å². The Morgan fingerprint density at radius 2 is 1.80 bits per heavy atom. The molecule has 3 aromatic carbocycles. The van der Waals surface area contributed by atoms with Crippen LogP contribution in [0.15, 0.2) is 82.1 Å². The monoisotopic (exact) mass is 420 g/mol. The van der Waals surface area contributed by atoms with Crippen LogP contribution >= 0.6 is 0 Å². The molecule has 1 atom stereocenters. The van der Waals surface area contributed by atoms with Crippen molar-refractivity contribution in [2.75, 3.05) is 6.61 Å². The quantitative estimate of drug-likeness (QED) is 0.420. The van der Waals surface area contributed by atoms with Crippen molar-refractivity contribution in [3.05, 3.63) is 83.9 Å². The van der Waals surface area contributed by atoms with Gasteiger partial charge in [0.15, 0.2) is 0 Å². The Hall–Kier alpha value is -3.09. The predicted molar refractivity (Wildman–Crippen MR) is 114 cm³/mol. The van der Waals surface area contributed by atoms with E-state index < -0.39 is 10.1 Å². The molecule has 0 bridgehead atoms. The van der Waals surface area contributed by atoms with Crippen LogP contribution in [0.2, 0.25) is 0 Å². The fourth-order valence-corrected chi connectivity index (χ4v) is 4.61. The lowest BCUT2D eigenvalue weighted by atomic mass is 10.0. The molecule has 0 amide bonds. The van der Waals surface area contributed by atoms with E-state index in [1.165, 1.54) is 0 Å². The van der Waals surface area contributed by atoms with Gasteiger partial charge in [-0.15, -0.1) is 0 Å². The predicted octanol–water partition coefficient (Wildman–Crippen LogP) is 5.12. The molecule has 1 aliphatic rings. The van der Waals surface area contributed by atoms with Crippen LogP contribution in [0.3, 0.4) is 0 Å². The molecule has 2 heterocycles. The van der Waals surface area contributed by atoms with Crippen molar-refractivity contribution in [3.63, 3.8) is 0 Å². The Kier molecular flexibility index (Phi) is 4.60. The van der Waals surface area contributed by atoms with E-state index in [-0.39, 0.29) is 17.6 Å². The number of aryl methyl sites for hydroxylation is 1. The lowest BCUT2D eigenvalue weighted by Gasteiger charge is -2.12. The number of fused-ring (bicyclic) bond motifs is 2. The average Bonchev–Trinajstić information content (AvgIpc) is 3.36. The summed E-state index contributed by atoms with van der Waals surface area (Å²) in [6.07, 6.45) is 0.193. The summed E-state index contributed by atoms with van der Waals surface area (Å²) >= 11 is 0. The van der Waals surface area contributed by atoms with Crippen molar-refractivity contribution < 1.29 is 21.8 Å². The first kappa shape index (κ1) is 18.9. The fourth-order valence-electron chi connectivity index (χ4n) is 3.68. The Morgan fingerprint density at radius 3 is 2.60 bits per heavy atom. The van der Waals surface area contributed by atoms with Crippen LogP contribution in [0.25, 0.3) is 22.3 Å². The fraction of sp³-hybridized carbons (Fsp3) is 0.167. The van der Waals surface area contributed by atoms with Gasteiger partial charge in [-0.2, -0.15) is 8.42 Å². The Balaban J connectivity index is 1.35. The molecule has 0 N–H and O–H groups in total. The number of benzene rings is 3. The molecular weight excluding hydrogens is 400 g/mol. The number of para-hydroxylation sites is 2. The number of hydrogen-bond acceptors (Lipinski definition) is 5. The first-order chi connectivity index (χ1) is 14.5. The third-order valence-electron chi connectivity index (χ3n) is 5.24. The molecule has 1 unspecified atom stereocenters. The zero-order valence-corrected chi connectivity index (χ0v) is 17.2. The Morgan fingerprint density at radius 1 is 1.00 bits per heavy atom. The number of rotatable bonds is 5. The zero-order valence-electron chi connectivity index (χ0n) is 16.4. The molecule has 4 aromatic rings. The van der Waals surface area contributed by atoms with Gasteiger partial charge in [-0.25, -0.2) is 0 Å². The van der Waals surface area contributed by atoms with Crippen molar-refractivity contribution in [3.8, 4) is 17.1 Å². The number of furan rings is 1. The molecule has 5 rings (SSSR count). The smallest absolute Gasteiger partial charge is 0.297 e. The lowest BCUT2D eigenvalue weighted by molar-refractivity contribution is 0.152. The van der Waals surface area contributed by atoms with Crippen molar-refractivity contribution in [2.45, 2.75) is 24.3 Å². The van der Waals surface area contributed by atoms with Gasteiger partial charge in [-0.3, -0.25) is 4.18 Å². The summed E-state index contributed by atoms with van der Waals surface area (Å²) in [7, 11) is -3.83. The van der Waals surface area contributed by atoms with E-state index in [0.29, 0.717) is 6.42 Å². The molecule has 152 valence electrons. The SMILES string of the molecule is Cc1ccc(S(=O)(=O)OCC2Cc3cccc(-c4cc5ccccc5o4)c3O2)cc1. The maximum Gasteiger partial charge on any atom is 0.297 e. The summed E-state index contributed by atoms with van der Waals surface area (Å²) in [5.74, 6) is 1.44. The highest BCUT2D eigenvalue weighted by molar-refractivity contribution is 7.86. The average molecular weight is 420 g/mol. The molecule has 5 nitrogen and oxygen atoms in total. The highest BCUT2D eigenvalue weighted by Gasteiger charge is 2.29. The molecule has 1 aliphatic heterocycles. The van der Waals surface area contributed by atoms with Gasteiger partial charge in [-0.1, -0.05) is 48.0 Å². The summed E-state index contributed by atoms with van der Waals surface area (Å²) in [6, 6.07) is 22.3. The standard InChI is InChI=1S/C24H20O5S/c1-16-9-11-20(12-10-16)30(25,26)27-15-19-13-18-6-4-7-21(24(18)28-19)23-14-17-5-2-3-8-22(17)29-23/h2-12,14,19H,13,15H2,1H3. The highest BCUT2D eigenvalue weighted by Crippen LogP contribution is 2.40. The van der Waals surface area contributed by atoms with Gasteiger partial charge < -0.3 is 9.15 Å². The van der Waals surface area contributed by atoms with E-state index in [2.05, 4.69) is 0 Å². The van der Waals surface area contributed by atoms with Gasteiger partial charge in [0.25, 0.3) is 10.1 Å². The van der Waals surface area contributed by atoms with E-state index in [4.69, 9.17) is 13.3 Å². The second-order valence-corrected chi connectivity index (χ2v) is 9.05. The minimum atomic E-state index is -3.83. The Labute approximate surface area is 175 Å². The maximum atomic E-state index is 12.5. The molecule has 0 radical (unpaired) electrons. The molecule has 0 fully saturated rings. The van der Waals surface area contributed by atoms with Crippen LogP contribution in [0.4, 0.5) is 0 Å². The molecule has 30 heavy (non-hydrogen) atoms. The maximum absolute atomic E-state index is 12.5. The normalized spacial score (nSPS) is 15.8. The number of ether oxygens (including phenoxy) is 1. The van der Waals surface area contributed by atoms with Crippen molar-refractivity contribution >= 4 is 21.1 Å². The van der Waals surface area contributed by atoms with Crippen LogP contribution < -0.4 is 4.74 Å². The molecule has 1 aromatic heterocycles. The first-order valence-electron chi connectivity index (χ1n) is 9.73. The Bertz CT molecular complexity index is 1290. The summed E-state index contributed by atoms with van der Waals surface area (Å²) < 4.78 is 42.3. The van der Waals surface area contributed by atoms with Crippen LogP contribution in [0.5, 0.6) is 5.75 Å². The third-order valence-corrected chi connectivity index (χ3v) is 6.53. The zero-order chi connectivity index (χ0) is 20.7. The van der Waals surface area contributed by atoms with Crippen LogP contribution in [-0.2, 0) is 20.7 Å².